The van der Waals surface area contributed by atoms with Crippen molar-refractivity contribution in [1.29, 1.82) is 0 Å². The molecule has 3 heteroatoms. The number of hydrogen-bond donors (Lipinski definition) is 0. The maximum Gasteiger partial charge on any atom is 0.0722 e. The van der Waals surface area contributed by atoms with Crippen molar-refractivity contribution in [3.8, 4) is 41.8 Å². The molecular formula is C54H40S3. The van der Waals surface area contributed by atoms with Crippen LogP contribution in [0.3, 0.4) is 0 Å². The predicted molar refractivity (Wildman–Crippen MR) is 245 cm³/mol. The first kappa shape index (κ1) is 34.7. The van der Waals surface area contributed by atoms with Gasteiger partial charge in [0.2, 0.25) is 0 Å². The second-order valence-electron chi connectivity index (χ2n) is 16.0. The molecule has 0 nitrogen and oxygen atoms in total. The second kappa shape index (κ2) is 13.0. The second-order valence-corrected chi connectivity index (χ2v) is 18.9. The Hall–Kier alpha value is -5.58. The van der Waals surface area contributed by atoms with Gasteiger partial charge in [0.15, 0.2) is 0 Å². The summed E-state index contributed by atoms with van der Waals surface area (Å²) in [5, 5.41) is 4.39. The zero-order valence-corrected chi connectivity index (χ0v) is 34.8. The van der Waals surface area contributed by atoms with Crippen molar-refractivity contribution < 1.29 is 0 Å². The van der Waals surface area contributed by atoms with E-state index in [0.29, 0.717) is 0 Å². The van der Waals surface area contributed by atoms with Crippen LogP contribution >= 0.6 is 34.0 Å². The summed E-state index contributed by atoms with van der Waals surface area (Å²) in [6, 6.07) is 61.3. The van der Waals surface area contributed by atoms with Crippen molar-refractivity contribution in [3.05, 3.63) is 235 Å². The zero-order valence-electron chi connectivity index (χ0n) is 32.4. The van der Waals surface area contributed by atoms with Gasteiger partial charge in [-0.25, -0.2) is 0 Å². The number of benzene rings is 6. The topological polar surface area (TPSA) is 0 Å². The van der Waals surface area contributed by atoms with Crippen LogP contribution in [0.15, 0.2) is 168 Å². The standard InChI is InChI=1S/C54H40S3/c1-33-9-18-38(19-10-33)53(39-20-11-34(2)12-21-39)45-29-37(49-7-5-27-55-49)17-26-42(45)43-30-47-44(31-46(43)53)52-48(32-51(57-52)50-8-6-28-56-50)54(47,40-22-13-35(3)14-23-40)41-24-15-36(4)16-25-41/h5-32H,1-4H3. The number of thiophene rings is 3. The molecule has 2 aliphatic carbocycles. The summed E-state index contributed by atoms with van der Waals surface area (Å²) in [6.07, 6.45) is 0. The fourth-order valence-corrected chi connectivity index (χ4v) is 12.6. The van der Waals surface area contributed by atoms with Crippen molar-refractivity contribution in [3.63, 3.8) is 0 Å². The quantitative estimate of drug-likeness (QED) is 0.158. The van der Waals surface area contributed by atoms with Gasteiger partial charge in [0, 0.05) is 19.5 Å². The fourth-order valence-electron chi connectivity index (χ4n) is 9.81. The van der Waals surface area contributed by atoms with Gasteiger partial charge >= 0.3 is 0 Å². The van der Waals surface area contributed by atoms with Crippen LogP contribution in [-0.4, -0.2) is 0 Å². The third-order valence-corrected chi connectivity index (χ3v) is 15.7. The molecular weight excluding hydrogens is 745 g/mol. The fraction of sp³-hybridized carbons (Fsp3) is 0.111. The van der Waals surface area contributed by atoms with Crippen LogP contribution in [0, 0.1) is 27.7 Å². The lowest BCUT2D eigenvalue weighted by molar-refractivity contribution is 0.759. The monoisotopic (exact) mass is 784 g/mol. The smallest absolute Gasteiger partial charge is 0.0722 e. The molecule has 0 bridgehead atoms. The predicted octanol–water partition coefficient (Wildman–Crippen LogP) is 15.2. The van der Waals surface area contributed by atoms with Gasteiger partial charge in [-0.2, -0.15) is 0 Å². The maximum absolute atomic E-state index is 2.62. The van der Waals surface area contributed by atoms with Crippen molar-refractivity contribution in [2.45, 2.75) is 38.5 Å². The molecule has 3 aromatic heterocycles. The van der Waals surface area contributed by atoms with Crippen LogP contribution in [-0.2, 0) is 10.8 Å². The van der Waals surface area contributed by atoms with Gasteiger partial charge in [0.25, 0.3) is 0 Å². The van der Waals surface area contributed by atoms with Gasteiger partial charge in [0.1, 0.15) is 0 Å². The number of fused-ring (bicyclic) bond motifs is 6. The Labute approximate surface area is 347 Å². The minimum absolute atomic E-state index is 0.497. The molecule has 0 atom stereocenters. The Balaban J connectivity index is 1.30. The molecule has 6 aromatic carbocycles. The van der Waals surface area contributed by atoms with E-state index in [0.717, 1.165) is 0 Å². The summed E-state index contributed by atoms with van der Waals surface area (Å²) >= 11 is 5.60. The molecule has 0 radical (unpaired) electrons. The van der Waals surface area contributed by atoms with Gasteiger partial charge in [0.05, 0.1) is 10.8 Å². The minimum Gasteiger partial charge on any atom is -0.144 e. The lowest BCUT2D eigenvalue weighted by atomic mass is 9.65. The first-order valence-corrected chi connectivity index (χ1v) is 22.3. The molecule has 57 heavy (non-hydrogen) atoms. The Bertz CT molecular complexity index is 2850. The van der Waals surface area contributed by atoms with Gasteiger partial charge < -0.3 is 0 Å². The number of rotatable bonds is 6. The summed E-state index contributed by atoms with van der Waals surface area (Å²) in [5.41, 5.74) is 19.9. The first-order valence-electron chi connectivity index (χ1n) is 19.7. The summed E-state index contributed by atoms with van der Waals surface area (Å²) in [5.74, 6) is 0. The van der Waals surface area contributed by atoms with E-state index in [1.165, 1.54) is 109 Å². The highest BCUT2D eigenvalue weighted by molar-refractivity contribution is 7.23. The third kappa shape index (κ3) is 5.02. The molecule has 0 saturated carbocycles. The normalized spacial score (nSPS) is 14.2. The maximum atomic E-state index is 2.62. The Morgan fingerprint density at radius 1 is 0.351 bits per heavy atom. The molecule has 3 heterocycles. The highest BCUT2D eigenvalue weighted by Gasteiger charge is 2.52. The zero-order chi connectivity index (χ0) is 38.5. The largest absolute Gasteiger partial charge is 0.144 e. The van der Waals surface area contributed by atoms with Gasteiger partial charge in [-0.15, -0.1) is 34.0 Å². The van der Waals surface area contributed by atoms with Gasteiger partial charge in [-0.1, -0.05) is 144 Å². The van der Waals surface area contributed by atoms with Gasteiger partial charge in [-0.3, -0.25) is 0 Å². The molecule has 0 unspecified atom stereocenters. The van der Waals surface area contributed by atoms with Crippen molar-refractivity contribution in [1.82, 2.24) is 0 Å². The molecule has 0 amide bonds. The summed E-state index contributed by atoms with van der Waals surface area (Å²) < 4.78 is 0. The van der Waals surface area contributed by atoms with Crippen LogP contribution < -0.4 is 0 Å². The molecule has 11 rings (SSSR count). The van der Waals surface area contributed by atoms with Crippen molar-refractivity contribution >= 4 is 34.0 Å². The lowest BCUT2D eigenvalue weighted by Gasteiger charge is -2.36. The highest BCUT2D eigenvalue weighted by atomic mass is 32.1. The summed E-state index contributed by atoms with van der Waals surface area (Å²) in [4.78, 5) is 5.31. The highest BCUT2D eigenvalue weighted by Crippen LogP contribution is 2.64. The van der Waals surface area contributed by atoms with Crippen molar-refractivity contribution in [2.24, 2.45) is 0 Å². The summed E-state index contributed by atoms with van der Waals surface area (Å²) in [7, 11) is 0. The van der Waals surface area contributed by atoms with E-state index in [1.54, 1.807) is 0 Å². The third-order valence-electron chi connectivity index (χ3n) is 12.6. The SMILES string of the molecule is Cc1ccc(C2(c3ccc(C)cc3)c3cc(-c4cccs4)ccc3-c3cc4c(cc32)-c2sc(-c3cccs3)cc2C4(c2ccc(C)cc2)c2ccc(C)cc2)cc1. The number of hydrogen-bond acceptors (Lipinski definition) is 3. The van der Waals surface area contributed by atoms with Crippen LogP contribution in [0.2, 0.25) is 0 Å². The van der Waals surface area contributed by atoms with Crippen LogP contribution in [0.5, 0.6) is 0 Å². The molecule has 0 aliphatic heterocycles. The molecule has 0 spiro atoms. The minimum atomic E-state index is -0.526. The molecule has 9 aromatic rings. The molecule has 0 N–H and O–H groups in total. The van der Waals surface area contributed by atoms with Crippen LogP contribution in [0.4, 0.5) is 0 Å². The van der Waals surface area contributed by atoms with Crippen LogP contribution in [0.25, 0.3) is 41.8 Å². The van der Waals surface area contributed by atoms with Gasteiger partial charge in [-0.05, 0) is 142 Å². The lowest BCUT2D eigenvalue weighted by Crippen LogP contribution is -2.30. The van der Waals surface area contributed by atoms with E-state index in [1.807, 2.05) is 34.0 Å². The van der Waals surface area contributed by atoms with Crippen LogP contribution in [0.1, 0.15) is 66.8 Å². The molecule has 0 saturated heterocycles. The van der Waals surface area contributed by atoms with E-state index in [-0.39, 0.29) is 0 Å². The van der Waals surface area contributed by atoms with E-state index in [4.69, 9.17) is 0 Å². The number of aryl methyl sites for hydroxylation is 4. The van der Waals surface area contributed by atoms with E-state index >= 15 is 0 Å². The van der Waals surface area contributed by atoms with E-state index in [9.17, 15) is 0 Å². The van der Waals surface area contributed by atoms with E-state index in [2.05, 4.69) is 196 Å². The summed E-state index contributed by atoms with van der Waals surface area (Å²) in [6.45, 7) is 8.78. The Morgan fingerprint density at radius 3 is 1.28 bits per heavy atom. The average Bonchev–Trinajstić information content (AvgIpc) is 4.08. The molecule has 2 aliphatic rings. The molecule has 0 fully saturated rings. The molecule has 274 valence electrons. The Morgan fingerprint density at radius 2 is 0.789 bits per heavy atom. The van der Waals surface area contributed by atoms with Crippen molar-refractivity contribution in [2.75, 3.05) is 0 Å². The first-order chi connectivity index (χ1) is 27.8. The average molecular weight is 785 g/mol. The van der Waals surface area contributed by atoms with E-state index < -0.39 is 10.8 Å². The Kier molecular flexibility index (Phi) is 7.89.